The summed E-state index contributed by atoms with van der Waals surface area (Å²) in [5.41, 5.74) is 0.447. The number of morpholine rings is 1. The number of benzene rings is 1. The Morgan fingerprint density at radius 2 is 1.81 bits per heavy atom. The molecule has 3 N–H and O–H groups in total. The van der Waals surface area contributed by atoms with Gasteiger partial charge in [0.2, 0.25) is 10.0 Å². The maximum Gasteiger partial charge on any atom is 0.283 e. The van der Waals surface area contributed by atoms with Gasteiger partial charge in [0.05, 0.1) is 18.1 Å². The van der Waals surface area contributed by atoms with E-state index >= 15 is 0 Å². The Kier molecular flexibility index (Phi) is 4.88. The van der Waals surface area contributed by atoms with Gasteiger partial charge >= 0.3 is 0 Å². The number of thiocarbonyl (C=S) groups is 1. The Hall–Kier alpha value is -1.55. The van der Waals surface area contributed by atoms with E-state index in [1.807, 2.05) is 0 Å². The zero-order valence-electron chi connectivity index (χ0n) is 11.1. The lowest BCUT2D eigenvalue weighted by Gasteiger charge is -2.28. The summed E-state index contributed by atoms with van der Waals surface area (Å²) in [4.78, 5) is 14.0. The molecule has 21 heavy (non-hydrogen) atoms. The average Bonchev–Trinajstić information content (AvgIpc) is 2.47. The summed E-state index contributed by atoms with van der Waals surface area (Å²) in [6.07, 6.45) is 0. The Morgan fingerprint density at radius 1 is 1.24 bits per heavy atom. The summed E-state index contributed by atoms with van der Waals surface area (Å²) >= 11 is 5.12. The maximum absolute atomic E-state index is 12.0. The summed E-state index contributed by atoms with van der Waals surface area (Å²) < 4.78 is 27.5. The number of anilines is 1. The molecule has 0 saturated carbocycles. The molecule has 7 nitrogen and oxygen atoms in total. The van der Waals surface area contributed by atoms with Crippen LogP contribution in [0.4, 0.5) is 5.69 Å². The fraction of sp³-hybridized carbons (Fsp3) is 0.333. The first-order valence-electron chi connectivity index (χ1n) is 6.19. The van der Waals surface area contributed by atoms with Gasteiger partial charge in [0.15, 0.2) is 4.99 Å². The van der Waals surface area contributed by atoms with Crippen molar-refractivity contribution in [2.75, 3.05) is 31.6 Å². The van der Waals surface area contributed by atoms with Crippen molar-refractivity contribution < 1.29 is 17.9 Å². The molecule has 1 amide bonds. The van der Waals surface area contributed by atoms with Gasteiger partial charge in [-0.1, -0.05) is 12.2 Å². The van der Waals surface area contributed by atoms with E-state index in [4.69, 9.17) is 22.1 Å². The van der Waals surface area contributed by atoms with Gasteiger partial charge in [-0.05, 0) is 24.3 Å². The zero-order valence-corrected chi connectivity index (χ0v) is 12.7. The molecule has 1 aromatic carbocycles. The number of nitrogens with one attached hydrogen (secondary N) is 1. The van der Waals surface area contributed by atoms with Gasteiger partial charge < -0.3 is 15.0 Å². The first-order chi connectivity index (χ1) is 9.88. The Labute approximate surface area is 128 Å². The molecule has 1 fully saturated rings. The summed E-state index contributed by atoms with van der Waals surface area (Å²) in [5.74, 6) is -0.407. The van der Waals surface area contributed by atoms with E-state index in [1.165, 1.54) is 24.3 Å². The highest BCUT2D eigenvalue weighted by atomic mass is 32.2. The van der Waals surface area contributed by atoms with Crippen LogP contribution >= 0.6 is 12.2 Å². The van der Waals surface area contributed by atoms with Gasteiger partial charge in [0.1, 0.15) is 0 Å². The number of amides is 1. The minimum Gasteiger partial charge on any atom is -0.378 e. The second-order valence-corrected chi connectivity index (χ2v) is 6.38. The van der Waals surface area contributed by atoms with Crippen LogP contribution in [0.3, 0.4) is 0 Å². The number of hydrogen-bond donors (Lipinski definition) is 2. The number of carbonyl (C=O) groups excluding carboxylic acids is 1. The van der Waals surface area contributed by atoms with Crippen molar-refractivity contribution in [3.05, 3.63) is 24.3 Å². The van der Waals surface area contributed by atoms with Crippen molar-refractivity contribution in [3.8, 4) is 0 Å². The number of primary sulfonamides is 1. The predicted molar refractivity (Wildman–Crippen MR) is 81.4 cm³/mol. The van der Waals surface area contributed by atoms with E-state index in [0.717, 1.165) is 0 Å². The number of ether oxygens (including phenoxy) is 1. The van der Waals surface area contributed by atoms with E-state index < -0.39 is 15.9 Å². The number of carbonyl (C=O) groups is 1. The first kappa shape index (κ1) is 15.8. The SMILES string of the molecule is NS(=O)(=O)c1ccc(NC(=O)C(=S)N2CCOCC2)cc1. The quantitative estimate of drug-likeness (QED) is 0.737. The van der Waals surface area contributed by atoms with E-state index in [9.17, 15) is 13.2 Å². The molecule has 0 bridgehead atoms. The molecule has 114 valence electrons. The summed E-state index contributed by atoms with van der Waals surface area (Å²) in [6, 6.07) is 5.56. The van der Waals surface area contributed by atoms with Crippen molar-refractivity contribution in [1.82, 2.24) is 4.90 Å². The first-order valence-corrected chi connectivity index (χ1v) is 8.14. The third-order valence-electron chi connectivity index (χ3n) is 2.93. The van der Waals surface area contributed by atoms with Crippen LogP contribution in [0.1, 0.15) is 0 Å². The number of nitrogens with zero attached hydrogens (tertiary/aromatic N) is 1. The zero-order chi connectivity index (χ0) is 15.5. The molecular formula is C12H15N3O4S2. The highest BCUT2D eigenvalue weighted by Gasteiger charge is 2.20. The highest BCUT2D eigenvalue weighted by Crippen LogP contribution is 2.13. The molecule has 9 heteroatoms. The van der Waals surface area contributed by atoms with E-state index in [1.54, 1.807) is 4.90 Å². The molecule has 1 heterocycles. The van der Waals surface area contributed by atoms with Gasteiger partial charge in [0.25, 0.3) is 5.91 Å². The second-order valence-electron chi connectivity index (χ2n) is 4.43. The lowest BCUT2D eigenvalue weighted by Crippen LogP contribution is -2.44. The maximum atomic E-state index is 12.0. The van der Waals surface area contributed by atoms with Gasteiger partial charge in [-0.25, -0.2) is 13.6 Å². The van der Waals surface area contributed by atoms with Crippen LogP contribution in [-0.4, -0.2) is 50.5 Å². The molecule has 0 aliphatic carbocycles. The molecule has 1 saturated heterocycles. The molecule has 1 aromatic rings. The molecular weight excluding hydrogens is 314 g/mol. The minimum atomic E-state index is -3.74. The van der Waals surface area contributed by atoms with Crippen LogP contribution in [0.5, 0.6) is 0 Å². The third-order valence-corrected chi connectivity index (χ3v) is 4.31. The third kappa shape index (κ3) is 4.21. The Balaban J connectivity index is 2.00. The molecule has 0 radical (unpaired) electrons. The van der Waals surface area contributed by atoms with Crippen LogP contribution < -0.4 is 10.5 Å². The fourth-order valence-corrected chi connectivity index (χ4v) is 2.57. The lowest BCUT2D eigenvalue weighted by atomic mass is 10.3. The molecule has 0 spiro atoms. The number of rotatable bonds is 2. The topological polar surface area (TPSA) is 102 Å². The van der Waals surface area contributed by atoms with Crippen molar-refractivity contribution >= 4 is 38.8 Å². The van der Waals surface area contributed by atoms with Crippen LogP contribution in [0.15, 0.2) is 29.2 Å². The minimum absolute atomic E-state index is 0.0174. The molecule has 2 rings (SSSR count). The second kappa shape index (κ2) is 6.48. The van der Waals surface area contributed by atoms with Crippen molar-refractivity contribution in [2.45, 2.75) is 4.90 Å². The van der Waals surface area contributed by atoms with Gasteiger partial charge in [-0.15, -0.1) is 0 Å². The van der Waals surface area contributed by atoms with E-state index in [2.05, 4.69) is 5.32 Å². The molecule has 0 atom stereocenters. The van der Waals surface area contributed by atoms with Crippen LogP contribution in [0.2, 0.25) is 0 Å². The van der Waals surface area contributed by atoms with Gasteiger partial charge in [-0.3, -0.25) is 4.79 Å². The largest absolute Gasteiger partial charge is 0.378 e. The average molecular weight is 329 g/mol. The highest BCUT2D eigenvalue weighted by molar-refractivity contribution is 7.89. The fourth-order valence-electron chi connectivity index (χ4n) is 1.82. The van der Waals surface area contributed by atoms with Gasteiger partial charge in [-0.2, -0.15) is 0 Å². The van der Waals surface area contributed by atoms with Crippen LogP contribution in [0, 0.1) is 0 Å². The summed E-state index contributed by atoms with van der Waals surface area (Å²) in [7, 11) is -3.74. The molecule has 0 unspecified atom stereocenters. The molecule has 0 aromatic heterocycles. The summed E-state index contributed by atoms with van der Waals surface area (Å²) in [6.45, 7) is 2.24. The monoisotopic (exact) mass is 329 g/mol. The van der Waals surface area contributed by atoms with Crippen LogP contribution in [0.25, 0.3) is 0 Å². The van der Waals surface area contributed by atoms with E-state index in [0.29, 0.717) is 32.0 Å². The number of hydrogen-bond acceptors (Lipinski definition) is 5. The number of nitrogens with two attached hydrogens (primary N) is 1. The molecule has 1 aliphatic heterocycles. The molecule has 1 aliphatic rings. The van der Waals surface area contributed by atoms with Crippen molar-refractivity contribution in [1.29, 1.82) is 0 Å². The Bertz CT molecular complexity index is 637. The van der Waals surface area contributed by atoms with Crippen LogP contribution in [-0.2, 0) is 19.6 Å². The van der Waals surface area contributed by atoms with Crippen molar-refractivity contribution in [3.63, 3.8) is 0 Å². The summed E-state index contributed by atoms with van der Waals surface area (Å²) in [5, 5.41) is 7.62. The standard InChI is InChI=1S/C12H15N3O4S2/c13-21(17,18)10-3-1-9(2-4-10)14-11(16)12(20)15-5-7-19-8-6-15/h1-4H,5-8H2,(H,14,16)(H2,13,17,18). The number of sulfonamides is 1. The lowest BCUT2D eigenvalue weighted by molar-refractivity contribution is -0.111. The normalized spacial score (nSPS) is 15.6. The van der Waals surface area contributed by atoms with Gasteiger partial charge in [0, 0.05) is 18.8 Å². The van der Waals surface area contributed by atoms with Crippen molar-refractivity contribution in [2.24, 2.45) is 5.14 Å². The predicted octanol–water partition coefficient (Wildman–Crippen LogP) is -0.0679. The Morgan fingerprint density at radius 3 is 2.33 bits per heavy atom. The smallest absolute Gasteiger partial charge is 0.283 e. The van der Waals surface area contributed by atoms with E-state index in [-0.39, 0.29) is 9.88 Å².